The van der Waals surface area contributed by atoms with Gasteiger partial charge in [-0.2, -0.15) is 0 Å². The second-order valence-corrected chi connectivity index (χ2v) is 4.43. The quantitative estimate of drug-likeness (QED) is 0.631. The molecule has 0 spiro atoms. The average molecular weight is 213 g/mol. The van der Waals surface area contributed by atoms with Gasteiger partial charge >= 0.3 is 0 Å². The van der Waals surface area contributed by atoms with Gasteiger partial charge in [-0.15, -0.1) is 0 Å². The minimum absolute atomic E-state index is 0.429. The Bertz CT molecular complexity index is 194. The average Bonchev–Trinajstić information content (AvgIpc) is 2.20. The van der Waals surface area contributed by atoms with Crippen molar-refractivity contribution < 1.29 is 9.53 Å². The molecule has 0 radical (unpaired) electrons. The number of piperidine rings is 1. The van der Waals surface area contributed by atoms with Crippen molar-refractivity contribution in [3.8, 4) is 0 Å². The molecule has 1 aliphatic heterocycles. The SMILES string of the molecule is COCCCCCN1CCC(=O)CC1C. The van der Waals surface area contributed by atoms with Crippen molar-refractivity contribution in [3.63, 3.8) is 0 Å². The monoisotopic (exact) mass is 213 g/mol. The summed E-state index contributed by atoms with van der Waals surface area (Å²) in [6, 6.07) is 0.452. The summed E-state index contributed by atoms with van der Waals surface area (Å²) in [5, 5.41) is 0. The largest absolute Gasteiger partial charge is 0.385 e. The van der Waals surface area contributed by atoms with E-state index >= 15 is 0 Å². The van der Waals surface area contributed by atoms with Crippen molar-refractivity contribution in [1.82, 2.24) is 4.90 Å². The van der Waals surface area contributed by atoms with Crippen LogP contribution in [0, 0.1) is 0 Å². The van der Waals surface area contributed by atoms with Crippen molar-refractivity contribution in [2.24, 2.45) is 0 Å². The minimum atomic E-state index is 0.429. The normalized spacial score (nSPS) is 23.3. The summed E-state index contributed by atoms with van der Waals surface area (Å²) in [6.45, 7) is 5.13. The third-order valence-electron chi connectivity index (χ3n) is 3.12. The second-order valence-electron chi connectivity index (χ2n) is 4.43. The lowest BCUT2D eigenvalue weighted by atomic mass is 10.0. The van der Waals surface area contributed by atoms with Crippen molar-refractivity contribution in [2.45, 2.75) is 45.1 Å². The van der Waals surface area contributed by atoms with Gasteiger partial charge < -0.3 is 4.74 Å². The lowest BCUT2D eigenvalue weighted by Crippen LogP contribution is -2.41. The first-order valence-corrected chi connectivity index (χ1v) is 5.98. The van der Waals surface area contributed by atoms with E-state index in [9.17, 15) is 4.79 Å². The smallest absolute Gasteiger partial charge is 0.135 e. The number of methoxy groups -OCH3 is 1. The van der Waals surface area contributed by atoms with Gasteiger partial charge in [-0.25, -0.2) is 0 Å². The fourth-order valence-corrected chi connectivity index (χ4v) is 2.12. The number of carbonyl (C=O) groups excluding carboxylic acids is 1. The van der Waals surface area contributed by atoms with Crippen LogP contribution in [-0.2, 0) is 9.53 Å². The van der Waals surface area contributed by atoms with Crippen LogP contribution in [0.4, 0.5) is 0 Å². The molecule has 0 saturated carbocycles. The molecule has 3 nitrogen and oxygen atoms in total. The van der Waals surface area contributed by atoms with E-state index in [1.165, 1.54) is 12.8 Å². The van der Waals surface area contributed by atoms with Crippen molar-refractivity contribution in [1.29, 1.82) is 0 Å². The molecule has 1 rings (SSSR count). The highest BCUT2D eigenvalue weighted by Gasteiger charge is 2.22. The number of Topliss-reactive ketones (excluding diaryl/α,β-unsaturated/α-hetero) is 1. The number of rotatable bonds is 6. The van der Waals surface area contributed by atoms with E-state index in [1.54, 1.807) is 7.11 Å². The number of unbranched alkanes of at least 4 members (excludes halogenated alkanes) is 2. The summed E-state index contributed by atoms with van der Waals surface area (Å²) in [4.78, 5) is 13.6. The number of ether oxygens (including phenoxy) is 1. The third kappa shape index (κ3) is 4.76. The maximum Gasteiger partial charge on any atom is 0.135 e. The van der Waals surface area contributed by atoms with Gasteiger partial charge in [0.15, 0.2) is 0 Å². The molecule has 1 saturated heterocycles. The highest BCUT2D eigenvalue weighted by molar-refractivity contribution is 5.79. The van der Waals surface area contributed by atoms with Crippen LogP contribution in [0.1, 0.15) is 39.0 Å². The molecule has 1 atom stereocenters. The lowest BCUT2D eigenvalue weighted by molar-refractivity contribution is -0.122. The zero-order valence-corrected chi connectivity index (χ0v) is 10.00. The van der Waals surface area contributed by atoms with E-state index in [0.29, 0.717) is 11.8 Å². The van der Waals surface area contributed by atoms with E-state index in [-0.39, 0.29) is 0 Å². The highest BCUT2D eigenvalue weighted by Crippen LogP contribution is 2.14. The van der Waals surface area contributed by atoms with Gasteiger partial charge in [0, 0.05) is 39.1 Å². The van der Waals surface area contributed by atoms with Gasteiger partial charge in [-0.05, 0) is 32.7 Å². The molecule has 1 heterocycles. The second kappa shape index (κ2) is 6.96. The van der Waals surface area contributed by atoms with Gasteiger partial charge in [0.1, 0.15) is 5.78 Å². The van der Waals surface area contributed by atoms with E-state index in [2.05, 4.69) is 11.8 Å². The number of hydrogen-bond acceptors (Lipinski definition) is 3. The first kappa shape index (κ1) is 12.7. The van der Waals surface area contributed by atoms with Crippen LogP contribution in [0.15, 0.2) is 0 Å². The Kier molecular flexibility index (Phi) is 5.88. The topological polar surface area (TPSA) is 29.5 Å². The van der Waals surface area contributed by atoms with Gasteiger partial charge in [-0.1, -0.05) is 0 Å². The minimum Gasteiger partial charge on any atom is -0.385 e. The van der Waals surface area contributed by atoms with E-state index in [0.717, 1.165) is 39.0 Å². The van der Waals surface area contributed by atoms with Crippen molar-refractivity contribution >= 4 is 5.78 Å². The molecule has 3 heteroatoms. The Labute approximate surface area is 92.8 Å². The summed E-state index contributed by atoms with van der Waals surface area (Å²) in [5.41, 5.74) is 0. The predicted molar refractivity (Wildman–Crippen MR) is 61.0 cm³/mol. The fourth-order valence-electron chi connectivity index (χ4n) is 2.12. The predicted octanol–water partition coefficient (Wildman–Crippen LogP) is 1.86. The van der Waals surface area contributed by atoms with E-state index < -0.39 is 0 Å². The maximum atomic E-state index is 11.2. The molecule has 15 heavy (non-hydrogen) atoms. The molecule has 1 aliphatic rings. The van der Waals surface area contributed by atoms with Crippen molar-refractivity contribution in [3.05, 3.63) is 0 Å². The lowest BCUT2D eigenvalue weighted by Gasteiger charge is -2.32. The Morgan fingerprint density at radius 2 is 2.20 bits per heavy atom. The third-order valence-corrected chi connectivity index (χ3v) is 3.12. The van der Waals surface area contributed by atoms with Gasteiger partial charge in [-0.3, -0.25) is 9.69 Å². The van der Waals surface area contributed by atoms with Crippen LogP contribution in [0.2, 0.25) is 0 Å². The van der Waals surface area contributed by atoms with Crippen LogP contribution in [-0.4, -0.2) is 43.5 Å². The molecule has 1 unspecified atom stereocenters. The standard InChI is InChI=1S/C12H23NO2/c1-11-10-12(14)6-8-13(11)7-4-3-5-9-15-2/h11H,3-10H2,1-2H3. The molecule has 0 aromatic heterocycles. The molecule has 1 fully saturated rings. The van der Waals surface area contributed by atoms with Crippen molar-refractivity contribution in [2.75, 3.05) is 26.8 Å². The molecule has 0 aromatic carbocycles. The number of nitrogens with zero attached hydrogens (tertiary/aromatic N) is 1. The number of carbonyl (C=O) groups is 1. The Morgan fingerprint density at radius 3 is 2.87 bits per heavy atom. The van der Waals surface area contributed by atoms with Gasteiger partial charge in [0.05, 0.1) is 0 Å². The van der Waals surface area contributed by atoms with Crippen LogP contribution < -0.4 is 0 Å². The number of likely N-dealkylation sites (tertiary alicyclic amines) is 1. The highest BCUT2D eigenvalue weighted by atomic mass is 16.5. The van der Waals surface area contributed by atoms with Crippen LogP contribution in [0.25, 0.3) is 0 Å². The van der Waals surface area contributed by atoms with Crippen LogP contribution >= 0.6 is 0 Å². The first-order valence-electron chi connectivity index (χ1n) is 5.98. The summed E-state index contributed by atoms with van der Waals surface area (Å²) >= 11 is 0. The van der Waals surface area contributed by atoms with Gasteiger partial charge in [0.2, 0.25) is 0 Å². The van der Waals surface area contributed by atoms with E-state index in [1.807, 2.05) is 0 Å². The molecular formula is C12H23NO2. The van der Waals surface area contributed by atoms with Crippen LogP contribution in [0.3, 0.4) is 0 Å². The zero-order valence-electron chi connectivity index (χ0n) is 10.00. The van der Waals surface area contributed by atoms with Gasteiger partial charge in [0.25, 0.3) is 0 Å². The maximum absolute atomic E-state index is 11.2. The summed E-state index contributed by atoms with van der Waals surface area (Å²) in [5.74, 6) is 0.429. The molecule has 0 amide bonds. The Hall–Kier alpha value is -0.410. The summed E-state index contributed by atoms with van der Waals surface area (Å²) in [7, 11) is 1.75. The first-order chi connectivity index (χ1) is 7.24. The molecule has 0 aromatic rings. The van der Waals surface area contributed by atoms with Crippen LogP contribution in [0.5, 0.6) is 0 Å². The molecule has 0 aliphatic carbocycles. The molecule has 0 N–H and O–H groups in total. The molecule has 0 bridgehead atoms. The molecule has 88 valence electrons. The molecular weight excluding hydrogens is 190 g/mol. The number of ketones is 1. The zero-order chi connectivity index (χ0) is 11.1. The Morgan fingerprint density at radius 1 is 1.40 bits per heavy atom. The Balaban J connectivity index is 2.07. The number of hydrogen-bond donors (Lipinski definition) is 0. The summed E-state index contributed by atoms with van der Waals surface area (Å²) < 4.78 is 5.01. The fraction of sp³-hybridized carbons (Fsp3) is 0.917. The van der Waals surface area contributed by atoms with E-state index in [4.69, 9.17) is 4.74 Å². The summed E-state index contributed by atoms with van der Waals surface area (Å²) in [6.07, 6.45) is 5.10.